The third kappa shape index (κ3) is 5.22. The summed E-state index contributed by atoms with van der Waals surface area (Å²) in [5.74, 6) is 0. The molecule has 0 aliphatic heterocycles. The average molecular weight is 311 g/mol. The van der Waals surface area contributed by atoms with E-state index in [0.29, 0.717) is 11.7 Å². The molecule has 0 unspecified atom stereocenters. The summed E-state index contributed by atoms with van der Waals surface area (Å²) in [6, 6.07) is 20.4. The smallest absolute Gasteiger partial charge is 0.185 e. The number of rotatable bonds is 6. The number of nitrogens with one attached hydrogen (secondary N) is 2. The number of para-hydroxylation sites is 1. The summed E-state index contributed by atoms with van der Waals surface area (Å²) < 4.78 is 0. The second-order valence-corrected chi connectivity index (χ2v) is 5.57. The first kappa shape index (κ1) is 16.0. The Balaban J connectivity index is 2.08. The summed E-state index contributed by atoms with van der Waals surface area (Å²) in [7, 11) is 0. The van der Waals surface area contributed by atoms with Gasteiger partial charge in [0.2, 0.25) is 0 Å². The molecule has 2 aromatic carbocycles. The molecule has 114 valence electrons. The maximum atomic E-state index is 5.36. The van der Waals surface area contributed by atoms with Crippen molar-refractivity contribution < 1.29 is 0 Å². The van der Waals surface area contributed by atoms with Gasteiger partial charge in [-0.2, -0.15) is 0 Å². The lowest BCUT2D eigenvalue weighted by atomic mass is 10.2. The van der Waals surface area contributed by atoms with Crippen molar-refractivity contribution in [3.8, 4) is 0 Å². The molecule has 2 rings (SSSR count). The van der Waals surface area contributed by atoms with Crippen LogP contribution in [0, 0.1) is 0 Å². The molecule has 2 N–H and O–H groups in total. The molecule has 0 heterocycles. The van der Waals surface area contributed by atoms with Crippen LogP contribution >= 0.6 is 12.2 Å². The zero-order valence-electron chi connectivity index (χ0n) is 12.8. The number of nitrogens with zero attached hydrogens (tertiary/aromatic N) is 1. The second kappa shape index (κ2) is 8.20. The summed E-state index contributed by atoms with van der Waals surface area (Å²) >= 11 is 5.36. The van der Waals surface area contributed by atoms with E-state index in [2.05, 4.69) is 41.6 Å². The third-order valence-electron chi connectivity index (χ3n) is 3.04. The van der Waals surface area contributed by atoms with Crippen molar-refractivity contribution in [2.24, 2.45) is 0 Å². The van der Waals surface area contributed by atoms with Crippen molar-refractivity contribution in [2.75, 3.05) is 11.6 Å². The standard InChI is InChI=1S/C18H21N3S/c1-15(2)13-19-18(22)20-21(17-11-7-4-8-12-17)14-16-9-5-3-6-10-16/h3-12H,1,13-14H2,2H3,(H2,19,20,22). The molecular formula is C18H21N3S. The van der Waals surface area contributed by atoms with Gasteiger partial charge in [-0.3, -0.25) is 10.4 Å². The Morgan fingerprint density at radius 2 is 1.64 bits per heavy atom. The molecule has 2 aromatic rings. The van der Waals surface area contributed by atoms with E-state index in [4.69, 9.17) is 12.2 Å². The SMILES string of the molecule is C=C(C)CNC(=S)NN(Cc1ccccc1)c1ccccc1. The molecule has 0 bridgehead atoms. The van der Waals surface area contributed by atoms with Gasteiger partial charge in [-0.15, -0.1) is 0 Å². The minimum Gasteiger partial charge on any atom is -0.358 e. The van der Waals surface area contributed by atoms with E-state index in [1.165, 1.54) is 5.56 Å². The fourth-order valence-electron chi connectivity index (χ4n) is 1.96. The minimum atomic E-state index is 0.586. The first-order chi connectivity index (χ1) is 10.6. The van der Waals surface area contributed by atoms with E-state index in [0.717, 1.165) is 17.8 Å². The predicted molar refractivity (Wildman–Crippen MR) is 97.6 cm³/mol. The van der Waals surface area contributed by atoms with Crippen molar-refractivity contribution in [1.29, 1.82) is 0 Å². The Bertz CT molecular complexity index is 611. The van der Waals surface area contributed by atoms with Crippen LogP contribution in [0.25, 0.3) is 0 Å². The monoisotopic (exact) mass is 311 g/mol. The molecule has 0 atom stereocenters. The summed E-state index contributed by atoms with van der Waals surface area (Å²) in [6.07, 6.45) is 0. The van der Waals surface area contributed by atoms with Crippen molar-refractivity contribution in [3.05, 3.63) is 78.4 Å². The van der Waals surface area contributed by atoms with Crippen LogP contribution in [0.3, 0.4) is 0 Å². The van der Waals surface area contributed by atoms with Crippen molar-refractivity contribution in [2.45, 2.75) is 13.5 Å². The van der Waals surface area contributed by atoms with Crippen LogP contribution in [0.5, 0.6) is 0 Å². The number of hydrogen-bond donors (Lipinski definition) is 2. The Morgan fingerprint density at radius 3 is 2.23 bits per heavy atom. The number of anilines is 1. The fraction of sp³-hybridized carbons (Fsp3) is 0.167. The van der Waals surface area contributed by atoms with Gasteiger partial charge in [0, 0.05) is 6.54 Å². The highest BCUT2D eigenvalue weighted by molar-refractivity contribution is 7.80. The first-order valence-corrected chi connectivity index (χ1v) is 7.61. The van der Waals surface area contributed by atoms with E-state index in [9.17, 15) is 0 Å². The van der Waals surface area contributed by atoms with Gasteiger partial charge in [0.15, 0.2) is 5.11 Å². The molecule has 22 heavy (non-hydrogen) atoms. The maximum absolute atomic E-state index is 5.36. The zero-order valence-corrected chi connectivity index (χ0v) is 13.6. The van der Waals surface area contributed by atoms with Crippen LogP contribution in [0.15, 0.2) is 72.8 Å². The zero-order chi connectivity index (χ0) is 15.8. The Labute approximate surface area is 137 Å². The Kier molecular flexibility index (Phi) is 5.98. The molecule has 0 aliphatic rings. The van der Waals surface area contributed by atoms with Crippen molar-refractivity contribution in [1.82, 2.24) is 10.7 Å². The van der Waals surface area contributed by atoms with Crippen molar-refractivity contribution in [3.63, 3.8) is 0 Å². The van der Waals surface area contributed by atoms with Gasteiger partial charge >= 0.3 is 0 Å². The van der Waals surface area contributed by atoms with E-state index >= 15 is 0 Å². The predicted octanol–water partition coefficient (Wildman–Crippen LogP) is 3.65. The second-order valence-electron chi connectivity index (χ2n) is 5.16. The van der Waals surface area contributed by atoms with E-state index in [1.54, 1.807) is 0 Å². The van der Waals surface area contributed by atoms with Crippen LogP contribution < -0.4 is 15.8 Å². The van der Waals surface area contributed by atoms with Gasteiger partial charge in [-0.25, -0.2) is 0 Å². The number of thiocarbonyl (C=S) groups is 1. The lowest BCUT2D eigenvalue weighted by Crippen LogP contribution is -2.47. The molecule has 4 heteroatoms. The third-order valence-corrected chi connectivity index (χ3v) is 3.27. The molecule has 0 saturated carbocycles. The first-order valence-electron chi connectivity index (χ1n) is 7.20. The minimum absolute atomic E-state index is 0.586. The highest BCUT2D eigenvalue weighted by Gasteiger charge is 2.08. The van der Waals surface area contributed by atoms with E-state index < -0.39 is 0 Å². The van der Waals surface area contributed by atoms with Crippen molar-refractivity contribution >= 4 is 23.0 Å². The van der Waals surface area contributed by atoms with Crippen LogP contribution in [0.2, 0.25) is 0 Å². The van der Waals surface area contributed by atoms with E-state index in [1.807, 2.05) is 48.3 Å². The molecule has 0 aromatic heterocycles. The molecular weight excluding hydrogens is 290 g/mol. The highest BCUT2D eigenvalue weighted by Crippen LogP contribution is 2.14. The summed E-state index contributed by atoms with van der Waals surface area (Å²) in [5, 5.41) is 5.76. The average Bonchev–Trinajstić information content (AvgIpc) is 2.54. The van der Waals surface area contributed by atoms with Crippen LogP contribution in [0.1, 0.15) is 12.5 Å². The van der Waals surface area contributed by atoms with Gasteiger partial charge < -0.3 is 5.32 Å². The number of benzene rings is 2. The number of hydrogen-bond acceptors (Lipinski definition) is 2. The van der Waals surface area contributed by atoms with Crippen LogP contribution in [-0.4, -0.2) is 11.7 Å². The van der Waals surface area contributed by atoms with Gasteiger partial charge in [0.05, 0.1) is 12.2 Å². The Hall–Kier alpha value is -2.33. The largest absolute Gasteiger partial charge is 0.358 e. The van der Waals surface area contributed by atoms with Gasteiger partial charge in [-0.05, 0) is 36.8 Å². The quantitative estimate of drug-likeness (QED) is 0.484. The van der Waals surface area contributed by atoms with Gasteiger partial charge in [0.25, 0.3) is 0 Å². The molecule has 0 saturated heterocycles. The lowest BCUT2D eigenvalue weighted by molar-refractivity contribution is 0.748. The number of hydrazine groups is 1. The van der Waals surface area contributed by atoms with Gasteiger partial charge in [-0.1, -0.05) is 60.7 Å². The fourth-order valence-corrected chi connectivity index (χ4v) is 2.14. The molecule has 0 radical (unpaired) electrons. The topological polar surface area (TPSA) is 27.3 Å². The molecule has 0 aliphatic carbocycles. The molecule has 3 nitrogen and oxygen atoms in total. The summed E-state index contributed by atoms with van der Waals surface area (Å²) in [5.41, 5.74) is 6.56. The van der Waals surface area contributed by atoms with Crippen LogP contribution in [0.4, 0.5) is 5.69 Å². The van der Waals surface area contributed by atoms with E-state index in [-0.39, 0.29) is 0 Å². The van der Waals surface area contributed by atoms with Crippen LogP contribution in [-0.2, 0) is 6.54 Å². The maximum Gasteiger partial charge on any atom is 0.185 e. The highest BCUT2D eigenvalue weighted by atomic mass is 32.1. The normalized spacial score (nSPS) is 9.86. The van der Waals surface area contributed by atoms with Gasteiger partial charge in [0.1, 0.15) is 0 Å². The lowest BCUT2D eigenvalue weighted by Gasteiger charge is -2.27. The molecule has 0 amide bonds. The summed E-state index contributed by atoms with van der Waals surface area (Å²) in [6.45, 7) is 7.22. The molecule has 0 fully saturated rings. The summed E-state index contributed by atoms with van der Waals surface area (Å²) in [4.78, 5) is 0. The Morgan fingerprint density at radius 1 is 1.05 bits per heavy atom. The molecule has 0 spiro atoms.